The zero-order chi connectivity index (χ0) is 20.3. The summed E-state index contributed by atoms with van der Waals surface area (Å²) in [5, 5.41) is 18.1. The van der Waals surface area contributed by atoms with Gasteiger partial charge in [0.25, 0.3) is 5.91 Å². The van der Waals surface area contributed by atoms with Crippen LogP contribution in [0.1, 0.15) is 41.4 Å². The second-order valence-corrected chi connectivity index (χ2v) is 7.19. The number of rotatable bonds is 5. The minimum atomic E-state index is -0.899. The zero-order valence-corrected chi connectivity index (χ0v) is 16.0. The van der Waals surface area contributed by atoms with Crippen molar-refractivity contribution in [3.05, 3.63) is 76.1 Å². The number of aromatic amines is 1. The van der Waals surface area contributed by atoms with E-state index in [2.05, 4.69) is 26.6 Å². The fraction of sp³-hybridized carbons (Fsp3) is 0.200. The Kier molecular flexibility index (Phi) is 5.43. The van der Waals surface area contributed by atoms with Crippen LogP contribution in [0.2, 0.25) is 5.02 Å². The lowest BCUT2D eigenvalue weighted by molar-refractivity contribution is 0.101. The van der Waals surface area contributed by atoms with E-state index < -0.39 is 17.1 Å². The van der Waals surface area contributed by atoms with Crippen LogP contribution in [-0.4, -0.2) is 21.1 Å². The van der Waals surface area contributed by atoms with Gasteiger partial charge in [-0.1, -0.05) is 41.9 Å². The molecule has 0 spiro atoms. The monoisotopic (exact) mass is 397 g/mol. The van der Waals surface area contributed by atoms with Crippen molar-refractivity contribution < 1.29 is 9.18 Å². The molecule has 0 radical (unpaired) electrons. The highest BCUT2D eigenvalue weighted by atomic mass is 35.5. The van der Waals surface area contributed by atoms with Crippen molar-refractivity contribution in [1.82, 2.24) is 15.2 Å². The Hall–Kier alpha value is -3.24. The van der Waals surface area contributed by atoms with Crippen molar-refractivity contribution in [2.24, 2.45) is 0 Å². The Balaban J connectivity index is 1.81. The number of nitrogens with zero attached hydrogens (tertiary/aromatic N) is 3. The summed E-state index contributed by atoms with van der Waals surface area (Å²) in [6.07, 6.45) is 0.479. The number of amides is 1. The number of anilines is 1. The highest BCUT2D eigenvalue weighted by molar-refractivity contribution is 6.31. The summed E-state index contributed by atoms with van der Waals surface area (Å²) in [4.78, 5) is 16.6. The van der Waals surface area contributed by atoms with Crippen LogP contribution >= 0.6 is 11.6 Å². The molecule has 1 amide bonds. The molecular formula is C20H17ClFN5O. The summed E-state index contributed by atoms with van der Waals surface area (Å²) in [5.74, 6) is -1.08. The van der Waals surface area contributed by atoms with Gasteiger partial charge in [0.05, 0.1) is 22.2 Å². The number of nitrogens with one attached hydrogen (secondary N) is 2. The third kappa shape index (κ3) is 4.18. The van der Waals surface area contributed by atoms with E-state index in [9.17, 15) is 14.4 Å². The third-order valence-electron chi connectivity index (χ3n) is 4.23. The molecule has 142 valence electrons. The van der Waals surface area contributed by atoms with E-state index in [-0.39, 0.29) is 16.5 Å². The first-order valence-corrected chi connectivity index (χ1v) is 8.85. The lowest BCUT2D eigenvalue weighted by Crippen LogP contribution is -2.18. The van der Waals surface area contributed by atoms with Crippen LogP contribution in [0.15, 0.2) is 42.5 Å². The number of hydrogen-bond acceptors (Lipinski definition) is 4. The standard InChI is InChI=1S/C20H17ClFN5O/c1-20(2,11-23)13-9-14(21)17(22)15(10-13)24-19(28)18-25-16(26-27-18)8-12-6-4-3-5-7-12/h3-7,9-10H,8H2,1-2H3,(H,24,28)(H,25,26,27). The molecule has 3 aromatic rings. The average Bonchev–Trinajstić information content (AvgIpc) is 3.14. The van der Waals surface area contributed by atoms with Crippen LogP contribution in [0.25, 0.3) is 0 Å². The second kappa shape index (κ2) is 7.79. The summed E-state index contributed by atoms with van der Waals surface area (Å²) >= 11 is 5.93. The van der Waals surface area contributed by atoms with Gasteiger partial charge in [-0.3, -0.25) is 9.89 Å². The second-order valence-electron chi connectivity index (χ2n) is 6.78. The van der Waals surface area contributed by atoms with E-state index >= 15 is 0 Å². The summed E-state index contributed by atoms with van der Waals surface area (Å²) in [6, 6.07) is 14.5. The number of carbonyl (C=O) groups excluding carboxylic acids is 1. The summed E-state index contributed by atoms with van der Waals surface area (Å²) in [5.41, 5.74) is 0.459. The van der Waals surface area contributed by atoms with Crippen LogP contribution < -0.4 is 5.32 Å². The van der Waals surface area contributed by atoms with E-state index in [0.717, 1.165) is 5.56 Å². The van der Waals surface area contributed by atoms with Crippen molar-refractivity contribution in [1.29, 1.82) is 5.26 Å². The third-order valence-corrected chi connectivity index (χ3v) is 4.50. The molecule has 3 rings (SSSR count). The maximum absolute atomic E-state index is 14.4. The van der Waals surface area contributed by atoms with Crippen molar-refractivity contribution in [2.75, 3.05) is 5.32 Å². The SMILES string of the molecule is CC(C)(C#N)c1cc(Cl)c(F)c(NC(=O)c2n[nH]c(Cc3ccccc3)n2)c1. The maximum atomic E-state index is 14.4. The number of nitriles is 1. The van der Waals surface area contributed by atoms with E-state index in [4.69, 9.17) is 11.6 Å². The van der Waals surface area contributed by atoms with Crippen LogP contribution in [0.5, 0.6) is 0 Å². The highest BCUT2D eigenvalue weighted by Crippen LogP contribution is 2.31. The molecule has 28 heavy (non-hydrogen) atoms. The highest BCUT2D eigenvalue weighted by Gasteiger charge is 2.24. The van der Waals surface area contributed by atoms with Gasteiger partial charge in [0, 0.05) is 6.42 Å². The van der Waals surface area contributed by atoms with E-state index in [1.165, 1.54) is 12.1 Å². The van der Waals surface area contributed by atoms with Crippen molar-refractivity contribution in [2.45, 2.75) is 25.7 Å². The molecule has 0 aliphatic rings. The fourth-order valence-corrected chi connectivity index (χ4v) is 2.77. The number of benzene rings is 2. The maximum Gasteiger partial charge on any atom is 0.295 e. The smallest absolute Gasteiger partial charge is 0.295 e. The topological polar surface area (TPSA) is 94.5 Å². The van der Waals surface area contributed by atoms with Crippen LogP contribution in [0.4, 0.5) is 10.1 Å². The Morgan fingerprint density at radius 1 is 1.32 bits per heavy atom. The molecule has 2 aromatic carbocycles. The molecule has 0 aliphatic heterocycles. The van der Waals surface area contributed by atoms with Gasteiger partial charge in [0.15, 0.2) is 5.82 Å². The minimum absolute atomic E-state index is 0.119. The van der Waals surface area contributed by atoms with E-state index in [1.54, 1.807) is 13.8 Å². The van der Waals surface area contributed by atoms with Crippen molar-refractivity contribution in [3.8, 4) is 6.07 Å². The van der Waals surface area contributed by atoms with Crippen molar-refractivity contribution >= 4 is 23.2 Å². The summed E-state index contributed by atoms with van der Waals surface area (Å²) < 4.78 is 14.4. The Bertz CT molecular complexity index is 1060. The normalized spacial score (nSPS) is 11.1. The molecule has 0 fully saturated rings. The van der Waals surface area contributed by atoms with Gasteiger partial charge < -0.3 is 5.32 Å². The van der Waals surface area contributed by atoms with Gasteiger partial charge in [-0.05, 0) is 37.1 Å². The molecule has 0 saturated heterocycles. The quantitative estimate of drug-likeness (QED) is 0.673. The molecule has 1 aromatic heterocycles. The van der Waals surface area contributed by atoms with E-state index in [0.29, 0.717) is 17.8 Å². The number of H-pyrrole nitrogens is 1. The van der Waals surface area contributed by atoms with Crippen molar-refractivity contribution in [3.63, 3.8) is 0 Å². The average molecular weight is 398 g/mol. The van der Waals surface area contributed by atoms with Gasteiger partial charge in [0.2, 0.25) is 5.82 Å². The lowest BCUT2D eigenvalue weighted by Gasteiger charge is -2.18. The van der Waals surface area contributed by atoms with Gasteiger partial charge in [0.1, 0.15) is 5.82 Å². The van der Waals surface area contributed by atoms with Crippen LogP contribution in [0.3, 0.4) is 0 Å². The van der Waals surface area contributed by atoms with E-state index in [1.807, 2.05) is 30.3 Å². The number of carbonyl (C=O) groups is 1. The molecule has 6 nitrogen and oxygen atoms in total. The number of halogens is 2. The molecular weight excluding hydrogens is 381 g/mol. The predicted molar refractivity (Wildman–Crippen MR) is 104 cm³/mol. The molecule has 2 N–H and O–H groups in total. The molecule has 0 saturated carbocycles. The van der Waals surface area contributed by atoms with Gasteiger partial charge >= 0.3 is 0 Å². The first-order valence-electron chi connectivity index (χ1n) is 8.47. The van der Waals surface area contributed by atoms with Crippen LogP contribution in [-0.2, 0) is 11.8 Å². The largest absolute Gasteiger partial charge is 0.317 e. The summed E-state index contributed by atoms with van der Waals surface area (Å²) in [7, 11) is 0. The first kappa shape index (κ1) is 19.5. The zero-order valence-electron chi connectivity index (χ0n) is 15.3. The summed E-state index contributed by atoms with van der Waals surface area (Å²) in [6.45, 7) is 3.35. The Morgan fingerprint density at radius 3 is 2.71 bits per heavy atom. The van der Waals surface area contributed by atoms with Gasteiger partial charge in [-0.2, -0.15) is 5.26 Å². The predicted octanol–water partition coefficient (Wildman–Crippen LogP) is 4.24. The molecule has 1 heterocycles. The lowest BCUT2D eigenvalue weighted by atomic mass is 9.86. The number of aromatic nitrogens is 3. The molecule has 8 heteroatoms. The Labute approximate surface area is 166 Å². The minimum Gasteiger partial charge on any atom is -0.317 e. The molecule has 0 aliphatic carbocycles. The molecule has 0 atom stereocenters. The Morgan fingerprint density at radius 2 is 2.04 bits per heavy atom. The molecule has 0 bridgehead atoms. The number of hydrogen-bond donors (Lipinski definition) is 2. The fourth-order valence-electron chi connectivity index (χ4n) is 2.55. The van der Waals surface area contributed by atoms with Crippen LogP contribution in [0, 0.1) is 17.1 Å². The first-order chi connectivity index (χ1) is 13.3. The van der Waals surface area contributed by atoms with Gasteiger partial charge in [-0.15, -0.1) is 5.10 Å². The molecule has 0 unspecified atom stereocenters. The van der Waals surface area contributed by atoms with Gasteiger partial charge in [-0.25, -0.2) is 9.37 Å².